The van der Waals surface area contributed by atoms with E-state index in [1.165, 1.54) is 16.8 Å². The Kier molecular flexibility index (Phi) is 7.65. The van der Waals surface area contributed by atoms with Crippen molar-refractivity contribution in [3.05, 3.63) is 47.3 Å². The van der Waals surface area contributed by atoms with Crippen LogP contribution < -0.4 is 10.2 Å². The molecular formula is C24H37N7O. The first-order chi connectivity index (χ1) is 15.6. The van der Waals surface area contributed by atoms with Crippen molar-refractivity contribution in [1.29, 1.82) is 0 Å². The number of nitrogens with zero attached hydrogens (tertiary/aromatic N) is 6. The van der Waals surface area contributed by atoms with Crippen LogP contribution in [0.2, 0.25) is 0 Å². The molecule has 2 aromatic rings. The minimum atomic E-state index is 0.852. The topological polar surface area (TPSA) is 63.4 Å². The lowest BCUT2D eigenvalue weighted by atomic mass is 10.1. The van der Waals surface area contributed by atoms with Crippen LogP contribution in [0.4, 0.5) is 5.69 Å². The molecule has 0 spiro atoms. The number of nitrogens with one attached hydrogen (secondary N) is 1. The number of aryl methyl sites for hydroxylation is 1. The molecule has 3 heterocycles. The number of aromatic nitrogens is 1. The van der Waals surface area contributed by atoms with Gasteiger partial charge in [-0.2, -0.15) is 0 Å². The van der Waals surface area contributed by atoms with E-state index >= 15 is 0 Å². The van der Waals surface area contributed by atoms with E-state index in [2.05, 4.69) is 67.1 Å². The van der Waals surface area contributed by atoms with Crippen molar-refractivity contribution in [3.63, 3.8) is 0 Å². The lowest BCUT2D eigenvalue weighted by molar-refractivity contribution is 0.168. The van der Waals surface area contributed by atoms with E-state index < -0.39 is 0 Å². The summed E-state index contributed by atoms with van der Waals surface area (Å²) in [4.78, 5) is 14.4. The van der Waals surface area contributed by atoms with Crippen molar-refractivity contribution in [2.24, 2.45) is 4.99 Å². The molecule has 2 saturated heterocycles. The van der Waals surface area contributed by atoms with Gasteiger partial charge in [-0.15, -0.1) is 0 Å². The molecule has 2 fully saturated rings. The molecule has 32 heavy (non-hydrogen) atoms. The van der Waals surface area contributed by atoms with E-state index in [1.54, 1.807) is 6.26 Å². The molecule has 2 aliphatic rings. The van der Waals surface area contributed by atoms with E-state index in [-0.39, 0.29) is 0 Å². The Morgan fingerprint density at radius 1 is 1.00 bits per heavy atom. The van der Waals surface area contributed by atoms with Gasteiger partial charge in [0.05, 0.1) is 5.69 Å². The summed E-state index contributed by atoms with van der Waals surface area (Å²) in [5, 5.41) is 7.60. The molecule has 8 heteroatoms. The van der Waals surface area contributed by atoms with Crippen LogP contribution in [0.3, 0.4) is 0 Å². The highest BCUT2D eigenvalue weighted by molar-refractivity contribution is 5.80. The molecule has 0 amide bonds. The Bertz CT molecular complexity index is 866. The molecule has 1 N–H and O–H groups in total. The Hall–Kier alpha value is -2.58. The highest BCUT2D eigenvalue weighted by Gasteiger charge is 2.21. The first kappa shape index (κ1) is 22.6. The molecule has 0 aliphatic carbocycles. The molecule has 1 aromatic carbocycles. The van der Waals surface area contributed by atoms with Crippen LogP contribution in [0.5, 0.6) is 0 Å². The standard InChI is InChI=1S/C24H37N7O/c1-20-5-4-6-23(21(20)2)30-14-10-28(11-15-30)9-8-26-24(25-3)31-16-12-29(13-17-31)19-22-7-18-32-27-22/h4-7,18H,8-17,19H2,1-3H3,(H,25,26). The summed E-state index contributed by atoms with van der Waals surface area (Å²) in [5.41, 5.74) is 5.18. The number of guanidine groups is 1. The molecule has 0 atom stereocenters. The third-order valence-electron chi connectivity index (χ3n) is 6.76. The highest BCUT2D eigenvalue weighted by Crippen LogP contribution is 2.23. The summed E-state index contributed by atoms with van der Waals surface area (Å²) in [6.07, 6.45) is 1.64. The number of piperazine rings is 2. The molecule has 0 radical (unpaired) electrons. The summed E-state index contributed by atoms with van der Waals surface area (Å²) in [5.74, 6) is 1.01. The van der Waals surface area contributed by atoms with Crippen LogP contribution in [-0.4, -0.2) is 98.3 Å². The van der Waals surface area contributed by atoms with Gasteiger partial charge in [0.25, 0.3) is 0 Å². The van der Waals surface area contributed by atoms with E-state index in [1.807, 2.05) is 13.1 Å². The molecule has 1 aromatic heterocycles. The van der Waals surface area contributed by atoms with Crippen LogP contribution in [0.15, 0.2) is 40.0 Å². The minimum Gasteiger partial charge on any atom is -0.369 e. The van der Waals surface area contributed by atoms with Gasteiger partial charge in [0.2, 0.25) is 0 Å². The van der Waals surface area contributed by atoms with E-state index in [9.17, 15) is 0 Å². The second kappa shape index (κ2) is 10.8. The normalized spacial score (nSPS) is 18.9. The molecular weight excluding hydrogens is 402 g/mol. The molecule has 174 valence electrons. The summed E-state index contributed by atoms with van der Waals surface area (Å²) in [7, 11) is 1.88. The van der Waals surface area contributed by atoms with Crippen LogP contribution >= 0.6 is 0 Å². The number of aliphatic imine (C=N–C) groups is 1. The van der Waals surface area contributed by atoms with Gasteiger partial charge < -0.3 is 19.6 Å². The van der Waals surface area contributed by atoms with Crippen molar-refractivity contribution in [1.82, 2.24) is 25.2 Å². The number of hydrogen-bond acceptors (Lipinski definition) is 6. The van der Waals surface area contributed by atoms with Crippen LogP contribution in [0.25, 0.3) is 0 Å². The van der Waals surface area contributed by atoms with Crippen molar-refractivity contribution >= 4 is 11.6 Å². The lowest BCUT2D eigenvalue weighted by Crippen LogP contribution is -2.53. The second-order valence-corrected chi connectivity index (χ2v) is 8.78. The van der Waals surface area contributed by atoms with E-state index in [0.717, 1.165) is 83.6 Å². The van der Waals surface area contributed by atoms with Gasteiger partial charge in [0.1, 0.15) is 6.26 Å². The summed E-state index contributed by atoms with van der Waals surface area (Å²) in [6.45, 7) is 15.6. The van der Waals surface area contributed by atoms with Gasteiger partial charge in [-0.25, -0.2) is 0 Å². The SMILES string of the molecule is CN=C(NCCN1CCN(c2cccc(C)c2C)CC1)N1CCN(Cc2ccon2)CC1. The monoisotopic (exact) mass is 439 g/mol. The zero-order valence-electron chi connectivity index (χ0n) is 19.8. The van der Waals surface area contributed by atoms with Gasteiger partial charge in [-0.3, -0.25) is 14.8 Å². The van der Waals surface area contributed by atoms with E-state index in [0.29, 0.717) is 0 Å². The predicted octanol–water partition coefficient (Wildman–Crippen LogP) is 1.81. The molecule has 4 rings (SSSR count). The second-order valence-electron chi connectivity index (χ2n) is 8.78. The zero-order chi connectivity index (χ0) is 22.3. The lowest BCUT2D eigenvalue weighted by Gasteiger charge is -2.38. The Labute approximate surface area is 191 Å². The average molecular weight is 440 g/mol. The Balaban J connectivity index is 1.16. The average Bonchev–Trinajstić information content (AvgIpc) is 3.33. The molecule has 2 aliphatic heterocycles. The number of anilines is 1. The third kappa shape index (κ3) is 5.61. The Morgan fingerprint density at radius 2 is 1.75 bits per heavy atom. The fourth-order valence-corrected chi connectivity index (χ4v) is 4.61. The highest BCUT2D eigenvalue weighted by atomic mass is 16.5. The maximum atomic E-state index is 4.94. The predicted molar refractivity (Wildman–Crippen MR) is 129 cm³/mol. The van der Waals surface area contributed by atoms with Crippen LogP contribution in [0, 0.1) is 13.8 Å². The van der Waals surface area contributed by atoms with Gasteiger partial charge in [-0.1, -0.05) is 17.3 Å². The van der Waals surface area contributed by atoms with Crippen molar-refractivity contribution in [3.8, 4) is 0 Å². The van der Waals surface area contributed by atoms with Gasteiger partial charge in [0, 0.05) is 90.8 Å². The zero-order valence-corrected chi connectivity index (χ0v) is 19.8. The Morgan fingerprint density at radius 3 is 2.44 bits per heavy atom. The van der Waals surface area contributed by atoms with Crippen molar-refractivity contribution in [2.75, 3.05) is 77.4 Å². The first-order valence-corrected chi connectivity index (χ1v) is 11.7. The number of rotatable bonds is 6. The molecule has 8 nitrogen and oxygen atoms in total. The smallest absolute Gasteiger partial charge is 0.193 e. The van der Waals surface area contributed by atoms with E-state index in [4.69, 9.17) is 4.52 Å². The maximum Gasteiger partial charge on any atom is 0.193 e. The van der Waals surface area contributed by atoms with Crippen molar-refractivity contribution < 1.29 is 4.52 Å². The molecule has 0 saturated carbocycles. The maximum absolute atomic E-state index is 4.94. The molecule has 0 unspecified atom stereocenters. The molecule has 0 bridgehead atoms. The van der Waals surface area contributed by atoms with Gasteiger partial charge in [0.15, 0.2) is 5.96 Å². The number of hydrogen-bond donors (Lipinski definition) is 1. The van der Waals surface area contributed by atoms with Crippen molar-refractivity contribution in [2.45, 2.75) is 20.4 Å². The fourth-order valence-electron chi connectivity index (χ4n) is 4.61. The number of benzene rings is 1. The van der Waals surface area contributed by atoms with Crippen LogP contribution in [-0.2, 0) is 6.54 Å². The third-order valence-corrected chi connectivity index (χ3v) is 6.76. The summed E-state index contributed by atoms with van der Waals surface area (Å²) in [6, 6.07) is 8.57. The summed E-state index contributed by atoms with van der Waals surface area (Å²) >= 11 is 0. The van der Waals surface area contributed by atoms with Gasteiger partial charge in [-0.05, 0) is 31.0 Å². The van der Waals surface area contributed by atoms with Gasteiger partial charge >= 0.3 is 0 Å². The largest absolute Gasteiger partial charge is 0.369 e. The first-order valence-electron chi connectivity index (χ1n) is 11.7. The fraction of sp³-hybridized carbons (Fsp3) is 0.583. The minimum absolute atomic E-state index is 0.852. The summed E-state index contributed by atoms with van der Waals surface area (Å²) < 4.78 is 4.94. The quantitative estimate of drug-likeness (QED) is 0.544. The van der Waals surface area contributed by atoms with Crippen LogP contribution in [0.1, 0.15) is 16.8 Å².